The maximum atomic E-state index is 12.4. The van der Waals surface area contributed by atoms with Crippen LogP contribution in [-0.2, 0) is 22.7 Å². The molecule has 2 aromatic rings. The van der Waals surface area contributed by atoms with Crippen LogP contribution in [0.1, 0.15) is 67.9 Å². The number of carbonyl (C=O) groups excluding carboxylic acids is 1. The summed E-state index contributed by atoms with van der Waals surface area (Å²) in [6.45, 7) is 2.18. The predicted molar refractivity (Wildman–Crippen MR) is 103 cm³/mol. The smallest absolute Gasteiger partial charge is 0.267 e. The summed E-state index contributed by atoms with van der Waals surface area (Å²) in [5.74, 6) is 0.378. The molecule has 0 unspecified atom stereocenters. The molecule has 1 aromatic carbocycles. The van der Waals surface area contributed by atoms with Crippen LogP contribution in [0.15, 0.2) is 35.1 Å². The summed E-state index contributed by atoms with van der Waals surface area (Å²) >= 11 is 0. The number of rotatable bonds is 4. The fourth-order valence-corrected chi connectivity index (χ4v) is 4.02. The first-order valence-corrected chi connectivity index (χ1v) is 9.72. The number of nitrogens with zero attached hydrogens (tertiary/aromatic N) is 2. The number of nitrogens with one attached hydrogen (secondary N) is 1. The number of fused-ring (bicyclic) bond motifs is 1. The van der Waals surface area contributed by atoms with Crippen molar-refractivity contribution in [2.45, 2.75) is 64.2 Å². The Hall–Kier alpha value is -2.47. The highest BCUT2D eigenvalue weighted by molar-refractivity contribution is 5.90. The maximum absolute atomic E-state index is 12.4. The highest BCUT2D eigenvalue weighted by Crippen LogP contribution is 2.33. The summed E-state index contributed by atoms with van der Waals surface area (Å²) in [4.78, 5) is 24.5. The third kappa shape index (κ3) is 3.95. The van der Waals surface area contributed by atoms with E-state index in [1.54, 1.807) is 0 Å². The lowest BCUT2D eigenvalue weighted by atomic mass is 9.84. The van der Waals surface area contributed by atoms with E-state index in [2.05, 4.69) is 22.5 Å². The molecule has 0 bridgehead atoms. The molecule has 6 heteroatoms. The summed E-state index contributed by atoms with van der Waals surface area (Å²) in [6, 6.07) is 9.60. The molecule has 1 aliphatic heterocycles. The van der Waals surface area contributed by atoms with E-state index >= 15 is 0 Å². The molecule has 1 amide bonds. The Kier molecular flexibility index (Phi) is 5.07. The first-order chi connectivity index (χ1) is 13.1. The number of anilines is 1. The topological polar surface area (TPSA) is 73.2 Å². The van der Waals surface area contributed by atoms with Crippen molar-refractivity contribution >= 4 is 11.6 Å². The van der Waals surface area contributed by atoms with Gasteiger partial charge in [-0.1, -0.05) is 31.4 Å². The molecule has 1 atom stereocenters. The van der Waals surface area contributed by atoms with Gasteiger partial charge in [0.25, 0.3) is 5.56 Å². The van der Waals surface area contributed by atoms with Gasteiger partial charge >= 0.3 is 0 Å². The summed E-state index contributed by atoms with van der Waals surface area (Å²) in [5.41, 5.74) is 3.35. The monoisotopic (exact) mass is 367 g/mol. The van der Waals surface area contributed by atoms with Crippen LogP contribution in [0.4, 0.5) is 5.69 Å². The van der Waals surface area contributed by atoms with E-state index in [9.17, 15) is 9.59 Å². The largest absolute Gasteiger partial charge is 0.367 e. The second-order valence-corrected chi connectivity index (χ2v) is 7.51. The quantitative estimate of drug-likeness (QED) is 0.897. The van der Waals surface area contributed by atoms with E-state index in [0.29, 0.717) is 12.5 Å². The SMILES string of the molecule is C[C@H]1OCc2cc(=O)n(CC(=O)Nc3ccc(C4CCCCC4)cc3)nc21. The van der Waals surface area contributed by atoms with Crippen molar-refractivity contribution in [2.24, 2.45) is 0 Å². The van der Waals surface area contributed by atoms with E-state index in [0.717, 1.165) is 16.9 Å². The molecular formula is C21H25N3O3. The third-order valence-corrected chi connectivity index (χ3v) is 5.55. The minimum atomic E-state index is -0.283. The van der Waals surface area contributed by atoms with E-state index in [1.807, 2.05) is 19.1 Å². The average molecular weight is 367 g/mol. The number of amides is 1. The van der Waals surface area contributed by atoms with Crippen molar-refractivity contribution in [3.8, 4) is 0 Å². The minimum absolute atomic E-state index is 0.108. The normalized spacial score (nSPS) is 19.7. The molecule has 142 valence electrons. The molecule has 1 saturated carbocycles. The molecule has 0 spiro atoms. The Labute approximate surface area is 158 Å². The second-order valence-electron chi connectivity index (χ2n) is 7.51. The number of ether oxygens (including phenoxy) is 1. The standard InChI is InChI=1S/C21H25N3O3/c1-14-21-17(13-27-14)11-20(26)24(23-21)12-19(25)22-18-9-7-16(8-10-18)15-5-3-2-4-6-15/h7-11,14-15H,2-6,12-13H2,1H3,(H,22,25)/t14-/m1/s1. The molecule has 1 aliphatic carbocycles. The van der Waals surface area contributed by atoms with Crippen molar-refractivity contribution in [1.29, 1.82) is 0 Å². The zero-order valence-electron chi connectivity index (χ0n) is 15.6. The average Bonchev–Trinajstić information content (AvgIpc) is 3.03. The Morgan fingerprint density at radius 2 is 1.96 bits per heavy atom. The summed E-state index contributed by atoms with van der Waals surface area (Å²) < 4.78 is 6.68. The van der Waals surface area contributed by atoms with Crippen LogP contribution >= 0.6 is 0 Å². The van der Waals surface area contributed by atoms with Gasteiger partial charge < -0.3 is 10.1 Å². The van der Waals surface area contributed by atoms with Gasteiger partial charge in [-0.3, -0.25) is 9.59 Å². The number of hydrogen-bond donors (Lipinski definition) is 1. The Bertz CT molecular complexity index is 883. The molecule has 2 aliphatic rings. The van der Waals surface area contributed by atoms with Crippen molar-refractivity contribution in [2.75, 3.05) is 5.32 Å². The lowest BCUT2D eigenvalue weighted by Gasteiger charge is -2.22. The van der Waals surface area contributed by atoms with Crippen LogP contribution in [0, 0.1) is 0 Å². The van der Waals surface area contributed by atoms with Gasteiger partial charge in [-0.25, -0.2) is 4.68 Å². The third-order valence-electron chi connectivity index (χ3n) is 5.55. The summed E-state index contributed by atoms with van der Waals surface area (Å²) in [6.07, 6.45) is 6.29. The number of aromatic nitrogens is 2. The van der Waals surface area contributed by atoms with Crippen LogP contribution < -0.4 is 10.9 Å². The minimum Gasteiger partial charge on any atom is -0.367 e. The van der Waals surface area contributed by atoms with Crippen LogP contribution in [0.3, 0.4) is 0 Å². The van der Waals surface area contributed by atoms with Crippen molar-refractivity contribution < 1.29 is 9.53 Å². The number of carbonyl (C=O) groups is 1. The Morgan fingerprint density at radius 1 is 1.22 bits per heavy atom. The highest BCUT2D eigenvalue weighted by atomic mass is 16.5. The Morgan fingerprint density at radius 3 is 2.70 bits per heavy atom. The molecule has 1 fully saturated rings. The molecule has 0 saturated heterocycles. The van der Waals surface area contributed by atoms with Gasteiger partial charge in [-0.15, -0.1) is 0 Å². The summed E-state index contributed by atoms with van der Waals surface area (Å²) in [7, 11) is 0. The highest BCUT2D eigenvalue weighted by Gasteiger charge is 2.23. The summed E-state index contributed by atoms with van der Waals surface area (Å²) in [5, 5.41) is 7.17. The van der Waals surface area contributed by atoms with E-state index in [1.165, 1.54) is 48.4 Å². The fourth-order valence-electron chi connectivity index (χ4n) is 4.02. The van der Waals surface area contributed by atoms with Crippen molar-refractivity contribution in [1.82, 2.24) is 9.78 Å². The predicted octanol–water partition coefficient (Wildman–Crippen LogP) is 3.52. The van der Waals surface area contributed by atoms with Crippen molar-refractivity contribution in [3.05, 3.63) is 57.5 Å². The number of hydrogen-bond acceptors (Lipinski definition) is 4. The molecule has 0 radical (unpaired) electrons. The molecule has 2 heterocycles. The second kappa shape index (κ2) is 7.64. The zero-order valence-corrected chi connectivity index (χ0v) is 15.6. The van der Waals surface area contributed by atoms with Crippen LogP contribution in [-0.4, -0.2) is 15.7 Å². The first kappa shape index (κ1) is 17.9. The van der Waals surface area contributed by atoms with Crippen LogP contribution in [0.25, 0.3) is 0 Å². The fraction of sp³-hybridized carbons (Fsp3) is 0.476. The lowest BCUT2D eigenvalue weighted by Crippen LogP contribution is -2.30. The van der Waals surface area contributed by atoms with Crippen LogP contribution in [0.2, 0.25) is 0 Å². The van der Waals surface area contributed by atoms with Gasteiger partial charge in [0.2, 0.25) is 5.91 Å². The number of benzene rings is 1. The molecule has 27 heavy (non-hydrogen) atoms. The molecular weight excluding hydrogens is 342 g/mol. The molecule has 6 nitrogen and oxygen atoms in total. The van der Waals surface area contributed by atoms with E-state index in [-0.39, 0.29) is 24.1 Å². The molecule has 4 rings (SSSR count). The molecule has 1 N–H and O–H groups in total. The van der Waals surface area contributed by atoms with Gasteiger partial charge in [0, 0.05) is 17.3 Å². The van der Waals surface area contributed by atoms with Gasteiger partial charge in [-0.05, 0) is 43.4 Å². The zero-order chi connectivity index (χ0) is 18.8. The van der Waals surface area contributed by atoms with Gasteiger partial charge in [-0.2, -0.15) is 5.10 Å². The van der Waals surface area contributed by atoms with Gasteiger partial charge in [0.15, 0.2) is 0 Å². The Balaban J connectivity index is 1.41. The van der Waals surface area contributed by atoms with Crippen molar-refractivity contribution in [3.63, 3.8) is 0 Å². The van der Waals surface area contributed by atoms with E-state index in [4.69, 9.17) is 4.74 Å². The molecule has 1 aromatic heterocycles. The van der Waals surface area contributed by atoms with Gasteiger partial charge in [0.1, 0.15) is 6.54 Å². The van der Waals surface area contributed by atoms with E-state index < -0.39 is 0 Å². The van der Waals surface area contributed by atoms with Crippen LogP contribution in [0.5, 0.6) is 0 Å². The first-order valence-electron chi connectivity index (χ1n) is 9.72. The lowest BCUT2D eigenvalue weighted by molar-refractivity contribution is -0.117. The maximum Gasteiger partial charge on any atom is 0.267 e. The van der Waals surface area contributed by atoms with Gasteiger partial charge in [0.05, 0.1) is 18.4 Å².